The predicted molar refractivity (Wildman–Crippen MR) is 80.9 cm³/mol. The maximum atomic E-state index is 11.9. The smallest absolute Gasteiger partial charge is 0.234 e. The number of ether oxygens (including phenoxy) is 2. The van der Waals surface area contributed by atoms with Crippen LogP contribution in [0.4, 0.5) is 5.69 Å². The third-order valence-corrected chi connectivity index (χ3v) is 3.62. The minimum absolute atomic E-state index is 0.102. The molecule has 0 spiro atoms. The van der Waals surface area contributed by atoms with E-state index in [4.69, 9.17) is 9.47 Å². The summed E-state index contributed by atoms with van der Waals surface area (Å²) in [7, 11) is 3.13. The lowest BCUT2D eigenvalue weighted by atomic mass is 10.2. The first kappa shape index (κ1) is 14.5. The van der Waals surface area contributed by atoms with E-state index >= 15 is 0 Å². The van der Waals surface area contributed by atoms with Crippen LogP contribution in [0.5, 0.6) is 11.5 Å². The van der Waals surface area contributed by atoms with Crippen molar-refractivity contribution >= 4 is 28.5 Å². The SMILES string of the molecule is COc1ccc(NC(=O)CSC2=NCCN2)c(OC)c1. The van der Waals surface area contributed by atoms with Gasteiger partial charge in [-0.1, -0.05) is 11.8 Å². The molecule has 0 saturated carbocycles. The van der Waals surface area contributed by atoms with Gasteiger partial charge in [-0.25, -0.2) is 0 Å². The summed E-state index contributed by atoms with van der Waals surface area (Å²) in [5.74, 6) is 1.45. The quantitative estimate of drug-likeness (QED) is 0.857. The molecule has 1 aliphatic heterocycles. The van der Waals surface area contributed by atoms with Gasteiger partial charge >= 0.3 is 0 Å². The number of methoxy groups -OCH3 is 2. The largest absolute Gasteiger partial charge is 0.497 e. The molecule has 1 amide bonds. The molecule has 1 aromatic rings. The molecule has 0 atom stereocenters. The van der Waals surface area contributed by atoms with E-state index in [9.17, 15) is 4.79 Å². The Morgan fingerprint density at radius 1 is 1.45 bits per heavy atom. The molecule has 1 aliphatic rings. The fraction of sp³-hybridized carbons (Fsp3) is 0.385. The van der Waals surface area contributed by atoms with Crippen LogP contribution in [0.25, 0.3) is 0 Å². The van der Waals surface area contributed by atoms with Gasteiger partial charge in [0.2, 0.25) is 5.91 Å². The lowest BCUT2D eigenvalue weighted by Gasteiger charge is -2.11. The number of hydrogen-bond acceptors (Lipinski definition) is 6. The van der Waals surface area contributed by atoms with Crippen LogP contribution in [-0.2, 0) is 4.79 Å². The number of rotatable bonds is 5. The van der Waals surface area contributed by atoms with E-state index in [0.29, 0.717) is 22.9 Å². The van der Waals surface area contributed by atoms with E-state index in [0.717, 1.165) is 18.3 Å². The van der Waals surface area contributed by atoms with E-state index in [1.165, 1.54) is 11.8 Å². The Bertz CT molecular complexity index is 520. The van der Waals surface area contributed by atoms with Crippen molar-refractivity contribution in [1.29, 1.82) is 0 Å². The molecule has 1 aromatic carbocycles. The molecule has 0 bridgehead atoms. The number of thioether (sulfide) groups is 1. The number of amides is 1. The number of nitrogens with one attached hydrogen (secondary N) is 2. The zero-order valence-electron chi connectivity index (χ0n) is 11.4. The van der Waals surface area contributed by atoms with Crippen molar-refractivity contribution in [2.24, 2.45) is 4.99 Å². The maximum Gasteiger partial charge on any atom is 0.234 e. The molecule has 0 fully saturated rings. The summed E-state index contributed by atoms with van der Waals surface area (Å²) >= 11 is 1.39. The summed E-state index contributed by atoms with van der Waals surface area (Å²) in [6.45, 7) is 1.62. The van der Waals surface area contributed by atoms with E-state index in [1.54, 1.807) is 32.4 Å². The summed E-state index contributed by atoms with van der Waals surface area (Å²) in [5, 5.41) is 6.74. The fourth-order valence-electron chi connectivity index (χ4n) is 1.69. The molecular formula is C13H17N3O3S. The van der Waals surface area contributed by atoms with Crippen LogP contribution in [0.15, 0.2) is 23.2 Å². The van der Waals surface area contributed by atoms with Crippen molar-refractivity contribution in [2.75, 3.05) is 38.4 Å². The lowest BCUT2D eigenvalue weighted by molar-refractivity contribution is -0.113. The van der Waals surface area contributed by atoms with Crippen LogP contribution in [0.3, 0.4) is 0 Å². The number of anilines is 1. The molecule has 2 rings (SSSR count). The Labute approximate surface area is 121 Å². The highest BCUT2D eigenvalue weighted by Gasteiger charge is 2.12. The lowest BCUT2D eigenvalue weighted by Crippen LogP contribution is -2.20. The van der Waals surface area contributed by atoms with Crippen molar-refractivity contribution in [2.45, 2.75) is 0 Å². The number of carbonyl (C=O) groups is 1. The number of carbonyl (C=O) groups excluding carboxylic acids is 1. The standard InChI is InChI=1S/C13H17N3O3S/c1-18-9-3-4-10(11(7-9)19-2)16-12(17)8-20-13-14-5-6-15-13/h3-4,7H,5-6,8H2,1-2H3,(H,14,15)(H,16,17). The Morgan fingerprint density at radius 2 is 2.30 bits per heavy atom. The van der Waals surface area contributed by atoms with Crippen LogP contribution in [-0.4, -0.2) is 44.1 Å². The van der Waals surface area contributed by atoms with Crippen molar-refractivity contribution in [3.8, 4) is 11.5 Å². The minimum Gasteiger partial charge on any atom is -0.497 e. The molecule has 0 unspecified atom stereocenters. The summed E-state index contributed by atoms with van der Waals surface area (Å²) in [6.07, 6.45) is 0. The first-order valence-electron chi connectivity index (χ1n) is 6.16. The molecule has 6 nitrogen and oxygen atoms in total. The number of aliphatic imine (C=N–C) groups is 1. The summed E-state index contributed by atoms with van der Waals surface area (Å²) < 4.78 is 10.3. The second kappa shape index (κ2) is 7.04. The molecule has 2 N–H and O–H groups in total. The van der Waals surface area contributed by atoms with Gasteiger partial charge in [0.25, 0.3) is 0 Å². The van der Waals surface area contributed by atoms with Gasteiger partial charge in [0.15, 0.2) is 5.17 Å². The van der Waals surface area contributed by atoms with Crippen molar-refractivity contribution < 1.29 is 14.3 Å². The van der Waals surface area contributed by atoms with Crippen LogP contribution in [0.1, 0.15) is 0 Å². The zero-order chi connectivity index (χ0) is 14.4. The highest BCUT2D eigenvalue weighted by atomic mass is 32.2. The topological polar surface area (TPSA) is 72.0 Å². The van der Waals surface area contributed by atoms with Crippen molar-refractivity contribution in [1.82, 2.24) is 5.32 Å². The average Bonchev–Trinajstić information content (AvgIpc) is 2.99. The molecular weight excluding hydrogens is 278 g/mol. The van der Waals surface area contributed by atoms with E-state index in [-0.39, 0.29) is 5.91 Å². The van der Waals surface area contributed by atoms with Gasteiger partial charge < -0.3 is 20.1 Å². The van der Waals surface area contributed by atoms with Gasteiger partial charge in [-0.15, -0.1) is 0 Å². The van der Waals surface area contributed by atoms with E-state index in [1.807, 2.05) is 0 Å². The van der Waals surface area contributed by atoms with Gasteiger partial charge in [0.1, 0.15) is 11.5 Å². The van der Waals surface area contributed by atoms with E-state index < -0.39 is 0 Å². The van der Waals surface area contributed by atoms with Gasteiger partial charge in [-0.05, 0) is 12.1 Å². The summed E-state index contributed by atoms with van der Waals surface area (Å²) in [6, 6.07) is 5.25. The van der Waals surface area contributed by atoms with Gasteiger partial charge in [0.05, 0.1) is 32.2 Å². The number of nitrogens with zero attached hydrogens (tertiary/aromatic N) is 1. The van der Waals surface area contributed by atoms with E-state index in [2.05, 4.69) is 15.6 Å². The third-order valence-electron chi connectivity index (χ3n) is 2.67. The van der Waals surface area contributed by atoms with Crippen LogP contribution in [0.2, 0.25) is 0 Å². The number of benzene rings is 1. The van der Waals surface area contributed by atoms with Crippen LogP contribution < -0.4 is 20.1 Å². The molecule has 0 aliphatic carbocycles. The Morgan fingerprint density at radius 3 is 2.95 bits per heavy atom. The van der Waals surface area contributed by atoms with Gasteiger partial charge in [0, 0.05) is 12.6 Å². The maximum absolute atomic E-state index is 11.9. The molecule has 108 valence electrons. The summed E-state index contributed by atoms with van der Waals surface area (Å²) in [5.41, 5.74) is 0.625. The highest BCUT2D eigenvalue weighted by Crippen LogP contribution is 2.29. The normalized spacial score (nSPS) is 13.4. The van der Waals surface area contributed by atoms with Crippen molar-refractivity contribution in [3.63, 3.8) is 0 Å². The van der Waals surface area contributed by atoms with Crippen molar-refractivity contribution in [3.05, 3.63) is 18.2 Å². The molecule has 1 heterocycles. The Balaban J connectivity index is 1.93. The van der Waals surface area contributed by atoms with Gasteiger partial charge in [-0.3, -0.25) is 9.79 Å². The monoisotopic (exact) mass is 295 g/mol. The average molecular weight is 295 g/mol. The molecule has 20 heavy (non-hydrogen) atoms. The molecule has 0 radical (unpaired) electrons. The first-order valence-corrected chi connectivity index (χ1v) is 7.14. The van der Waals surface area contributed by atoms with Gasteiger partial charge in [-0.2, -0.15) is 0 Å². The highest BCUT2D eigenvalue weighted by molar-refractivity contribution is 8.14. The number of amidine groups is 1. The third kappa shape index (κ3) is 3.80. The molecule has 7 heteroatoms. The predicted octanol–water partition coefficient (Wildman–Crippen LogP) is 1.33. The number of hydrogen-bond donors (Lipinski definition) is 2. The second-order valence-corrected chi connectivity index (χ2v) is 4.98. The second-order valence-electron chi connectivity index (χ2n) is 4.02. The minimum atomic E-state index is -0.102. The van der Waals surface area contributed by atoms with Crippen LogP contribution in [0, 0.1) is 0 Å². The first-order chi connectivity index (χ1) is 9.72. The molecule has 0 saturated heterocycles. The van der Waals surface area contributed by atoms with Crippen LogP contribution >= 0.6 is 11.8 Å². The Kier molecular flexibility index (Phi) is 5.11. The zero-order valence-corrected chi connectivity index (χ0v) is 12.3. The fourth-order valence-corrected chi connectivity index (χ4v) is 2.42. The molecule has 0 aromatic heterocycles. The Hall–Kier alpha value is -1.89. The summed E-state index contributed by atoms with van der Waals surface area (Å²) in [4.78, 5) is 16.1.